The molecule has 2 heteroatoms. The molecule has 0 aromatic carbocycles. The molecule has 0 aromatic rings. The van der Waals surface area contributed by atoms with E-state index in [0.717, 1.165) is 12.0 Å². The van der Waals surface area contributed by atoms with Gasteiger partial charge in [-0.25, -0.2) is 0 Å². The minimum absolute atomic E-state index is 0.397. The Labute approximate surface area is 120 Å². The summed E-state index contributed by atoms with van der Waals surface area (Å²) in [5.74, 6) is 0.932. The van der Waals surface area contributed by atoms with Gasteiger partial charge in [-0.3, -0.25) is 4.90 Å². The van der Waals surface area contributed by atoms with Crippen LogP contribution in [-0.2, 0) is 0 Å². The summed E-state index contributed by atoms with van der Waals surface area (Å²) < 4.78 is 0. The number of nitrogens with one attached hydrogen (secondary N) is 1. The summed E-state index contributed by atoms with van der Waals surface area (Å²) in [5.41, 5.74) is 0.397. The third kappa shape index (κ3) is 3.33. The van der Waals surface area contributed by atoms with Crippen LogP contribution in [0, 0.1) is 5.92 Å². The molecule has 2 nitrogen and oxygen atoms in total. The van der Waals surface area contributed by atoms with Crippen LogP contribution in [0.25, 0.3) is 0 Å². The molecule has 0 aromatic heterocycles. The lowest BCUT2D eigenvalue weighted by molar-refractivity contribution is 0.00742. The summed E-state index contributed by atoms with van der Waals surface area (Å²) in [6, 6.07) is 1.43. The van der Waals surface area contributed by atoms with Gasteiger partial charge in [0.1, 0.15) is 0 Å². The molecule has 1 saturated heterocycles. The van der Waals surface area contributed by atoms with Crippen LogP contribution in [0.2, 0.25) is 0 Å². The first-order chi connectivity index (χ1) is 9.10. The van der Waals surface area contributed by atoms with Crippen molar-refractivity contribution < 1.29 is 0 Å². The SMILES string of the molecule is CCC(C)(CC)N1CC(C2CCCCC2)NCC1C. The second-order valence-corrected chi connectivity index (χ2v) is 7.12. The molecule has 2 unspecified atom stereocenters. The first-order valence-corrected chi connectivity index (χ1v) is 8.61. The highest BCUT2D eigenvalue weighted by atomic mass is 15.3. The van der Waals surface area contributed by atoms with E-state index in [4.69, 9.17) is 0 Å². The van der Waals surface area contributed by atoms with Gasteiger partial charge in [-0.15, -0.1) is 0 Å². The quantitative estimate of drug-likeness (QED) is 0.832. The maximum absolute atomic E-state index is 3.85. The smallest absolute Gasteiger partial charge is 0.0224 e. The van der Waals surface area contributed by atoms with E-state index < -0.39 is 0 Å². The summed E-state index contributed by atoms with van der Waals surface area (Å²) >= 11 is 0. The van der Waals surface area contributed by atoms with E-state index in [-0.39, 0.29) is 0 Å². The molecule has 1 saturated carbocycles. The molecule has 1 aliphatic heterocycles. The van der Waals surface area contributed by atoms with Crippen LogP contribution in [-0.4, -0.2) is 35.6 Å². The molecular formula is C17H34N2. The van der Waals surface area contributed by atoms with E-state index in [0.29, 0.717) is 11.6 Å². The fourth-order valence-electron chi connectivity index (χ4n) is 4.15. The molecule has 2 rings (SSSR count). The number of rotatable bonds is 4. The van der Waals surface area contributed by atoms with Crippen molar-refractivity contribution in [3.63, 3.8) is 0 Å². The lowest BCUT2D eigenvalue weighted by Gasteiger charge is -2.51. The Morgan fingerprint density at radius 1 is 1.11 bits per heavy atom. The Morgan fingerprint density at radius 3 is 2.32 bits per heavy atom. The second kappa shape index (κ2) is 6.58. The first kappa shape index (κ1) is 15.3. The van der Waals surface area contributed by atoms with Gasteiger partial charge in [0.25, 0.3) is 0 Å². The first-order valence-electron chi connectivity index (χ1n) is 8.61. The summed E-state index contributed by atoms with van der Waals surface area (Å²) in [6.07, 6.45) is 9.82. The van der Waals surface area contributed by atoms with Crippen molar-refractivity contribution in [3.8, 4) is 0 Å². The van der Waals surface area contributed by atoms with Gasteiger partial charge in [-0.2, -0.15) is 0 Å². The molecule has 19 heavy (non-hydrogen) atoms. The van der Waals surface area contributed by atoms with Crippen molar-refractivity contribution in [1.29, 1.82) is 0 Å². The zero-order valence-electron chi connectivity index (χ0n) is 13.5. The van der Waals surface area contributed by atoms with Crippen LogP contribution < -0.4 is 5.32 Å². The highest BCUT2D eigenvalue weighted by Gasteiger charge is 2.38. The zero-order chi connectivity index (χ0) is 13.9. The van der Waals surface area contributed by atoms with Gasteiger partial charge in [-0.05, 0) is 45.4 Å². The third-order valence-corrected chi connectivity index (χ3v) is 6.04. The van der Waals surface area contributed by atoms with Crippen molar-refractivity contribution in [1.82, 2.24) is 10.2 Å². The second-order valence-electron chi connectivity index (χ2n) is 7.12. The average Bonchev–Trinajstić information content (AvgIpc) is 2.48. The lowest BCUT2D eigenvalue weighted by Crippen LogP contribution is -2.64. The molecular weight excluding hydrogens is 232 g/mol. The standard InChI is InChI=1S/C17H34N2/c1-5-17(4,6-2)19-13-16(18-12-14(19)3)15-10-8-7-9-11-15/h14-16,18H,5-13H2,1-4H3. The Hall–Kier alpha value is -0.0800. The Balaban J connectivity index is 2.02. The van der Waals surface area contributed by atoms with E-state index in [1.807, 2.05) is 0 Å². The van der Waals surface area contributed by atoms with Gasteiger partial charge in [0.2, 0.25) is 0 Å². The van der Waals surface area contributed by atoms with E-state index in [2.05, 4.69) is 37.9 Å². The van der Waals surface area contributed by atoms with Crippen LogP contribution in [0.15, 0.2) is 0 Å². The van der Waals surface area contributed by atoms with Gasteiger partial charge >= 0.3 is 0 Å². The van der Waals surface area contributed by atoms with Gasteiger partial charge in [-0.1, -0.05) is 33.1 Å². The van der Waals surface area contributed by atoms with Crippen LogP contribution in [0.1, 0.15) is 72.6 Å². The molecule has 0 bridgehead atoms. The fraction of sp³-hybridized carbons (Fsp3) is 1.00. The van der Waals surface area contributed by atoms with Crippen molar-refractivity contribution in [3.05, 3.63) is 0 Å². The molecule has 112 valence electrons. The number of hydrogen-bond donors (Lipinski definition) is 1. The normalized spacial score (nSPS) is 31.6. The number of piperazine rings is 1. The van der Waals surface area contributed by atoms with E-state index in [1.165, 1.54) is 58.0 Å². The van der Waals surface area contributed by atoms with Crippen LogP contribution in [0.3, 0.4) is 0 Å². The molecule has 0 radical (unpaired) electrons. The van der Waals surface area contributed by atoms with Gasteiger partial charge in [0.05, 0.1) is 0 Å². The third-order valence-electron chi connectivity index (χ3n) is 6.04. The monoisotopic (exact) mass is 266 g/mol. The largest absolute Gasteiger partial charge is 0.311 e. The molecule has 2 fully saturated rings. The van der Waals surface area contributed by atoms with Gasteiger partial charge in [0.15, 0.2) is 0 Å². The Morgan fingerprint density at radius 2 is 1.74 bits per heavy atom. The molecule has 1 heterocycles. The highest BCUT2D eigenvalue weighted by molar-refractivity contribution is 4.96. The average molecular weight is 266 g/mol. The van der Waals surface area contributed by atoms with Gasteiger partial charge < -0.3 is 5.32 Å². The number of nitrogens with zero attached hydrogens (tertiary/aromatic N) is 1. The van der Waals surface area contributed by atoms with Crippen molar-refractivity contribution >= 4 is 0 Å². The Bertz CT molecular complexity index is 266. The van der Waals surface area contributed by atoms with Crippen molar-refractivity contribution in [2.45, 2.75) is 90.3 Å². The van der Waals surface area contributed by atoms with Gasteiger partial charge in [0, 0.05) is 30.7 Å². The Kier molecular flexibility index (Phi) is 5.30. The maximum atomic E-state index is 3.85. The molecule has 0 amide bonds. The predicted molar refractivity (Wildman–Crippen MR) is 83.5 cm³/mol. The minimum Gasteiger partial charge on any atom is -0.311 e. The van der Waals surface area contributed by atoms with Crippen LogP contribution in [0.5, 0.6) is 0 Å². The molecule has 2 atom stereocenters. The predicted octanol–water partition coefficient (Wildman–Crippen LogP) is 3.81. The van der Waals surface area contributed by atoms with Crippen LogP contribution >= 0.6 is 0 Å². The van der Waals surface area contributed by atoms with E-state index >= 15 is 0 Å². The van der Waals surface area contributed by atoms with Crippen molar-refractivity contribution in [2.75, 3.05) is 13.1 Å². The summed E-state index contributed by atoms with van der Waals surface area (Å²) in [7, 11) is 0. The molecule has 1 N–H and O–H groups in total. The molecule has 0 spiro atoms. The summed E-state index contributed by atoms with van der Waals surface area (Å²) in [5, 5.41) is 3.85. The fourth-order valence-corrected chi connectivity index (χ4v) is 4.15. The van der Waals surface area contributed by atoms with Crippen molar-refractivity contribution in [2.24, 2.45) is 5.92 Å². The number of hydrogen-bond acceptors (Lipinski definition) is 2. The maximum Gasteiger partial charge on any atom is 0.0224 e. The highest BCUT2D eigenvalue weighted by Crippen LogP contribution is 2.32. The topological polar surface area (TPSA) is 15.3 Å². The minimum atomic E-state index is 0.397. The lowest BCUT2D eigenvalue weighted by atomic mass is 9.81. The van der Waals surface area contributed by atoms with Crippen LogP contribution in [0.4, 0.5) is 0 Å². The zero-order valence-corrected chi connectivity index (χ0v) is 13.5. The molecule has 2 aliphatic rings. The summed E-state index contributed by atoms with van der Waals surface area (Å²) in [4.78, 5) is 2.81. The van der Waals surface area contributed by atoms with E-state index in [9.17, 15) is 0 Å². The van der Waals surface area contributed by atoms with E-state index in [1.54, 1.807) is 0 Å². The molecule has 1 aliphatic carbocycles. The summed E-state index contributed by atoms with van der Waals surface area (Å²) in [6.45, 7) is 12.0.